The highest BCUT2D eigenvalue weighted by molar-refractivity contribution is 5.82. The van der Waals surface area contributed by atoms with E-state index < -0.39 is 24.4 Å². The van der Waals surface area contributed by atoms with E-state index in [0.29, 0.717) is 19.5 Å². The molecule has 138 valence electrons. The van der Waals surface area contributed by atoms with Gasteiger partial charge in [-0.25, -0.2) is 4.39 Å². The van der Waals surface area contributed by atoms with Gasteiger partial charge in [0.2, 0.25) is 5.91 Å². The third-order valence-corrected chi connectivity index (χ3v) is 5.86. The number of halogens is 3. The topological polar surface area (TPSA) is 71.3 Å². The normalized spacial score (nSPS) is 34.2. The van der Waals surface area contributed by atoms with Crippen molar-refractivity contribution in [2.45, 2.75) is 57.2 Å². The van der Waals surface area contributed by atoms with Crippen molar-refractivity contribution in [3.63, 3.8) is 0 Å². The summed E-state index contributed by atoms with van der Waals surface area (Å²) in [7, 11) is 0. The highest BCUT2D eigenvalue weighted by Gasteiger charge is 2.51. The van der Waals surface area contributed by atoms with Crippen LogP contribution in [0, 0.1) is 11.3 Å². The standard InChI is InChI=1S/C16H21F3N4O2/c17-10-7-9(10)13(24)20-8-16-4-2-1-3-11(16)23(6-5-16)15-22-21-14(25-15)12(18)19/h9-12H,1-8H2,(H,20,24). The maximum absolute atomic E-state index is 13.1. The van der Waals surface area contributed by atoms with E-state index in [9.17, 15) is 18.0 Å². The van der Waals surface area contributed by atoms with Crippen molar-refractivity contribution in [1.82, 2.24) is 15.5 Å². The summed E-state index contributed by atoms with van der Waals surface area (Å²) < 4.78 is 43.6. The lowest BCUT2D eigenvalue weighted by atomic mass is 9.70. The Kier molecular flexibility index (Phi) is 4.11. The molecule has 4 rings (SSSR count). The molecular weight excluding hydrogens is 337 g/mol. The molecule has 1 N–H and O–H groups in total. The number of alkyl halides is 3. The number of nitrogens with one attached hydrogen (secondary N) is 1. The number of anilines is 1. The van der Waals surface area contributed by atoms with Crippen molar-refractivity contribution in [3.8, 4) is 0 Å². The summed E-state index contributed by atoms with van der Waals surface area (Å²) >= 11 is 0. The third kappa shape index (κ3) is 2.97. The molecule has 0 radical (unpaired) electrons. The summed E-state index contributed by atoms with van der Waals surface area (Å²) in [6.45, 7) is 1.10. The Morgan fingerprint density at radius 1 is 1.36 bits per heavy atom. The van der Waals surface area contributed by atoms with Crippen LogP contribution in [0.3, 0.4) is 0 Å². The zero-order chi connectivity index (χ0) is 17.6. The largest absolute Gasteiger partial charge is 0.402 e. The molecular formula is C16H21F3N4O2. The van der Waals surface area contributed by atoms with Gasteiger partial charge in [-0.1, -0.05) is 17.9 Å². The molecule has 1 amide bonds. The Hall–Kier alpha value is -1.80. The molecule has 1 aliphatic heterocycles. The molecule has 3 aliphatic rings. The summed E-state index contributed by atoms with van der Waals surface area (Å²) in [6.07, 6.45) is 1.24. The van der Waals surface area contributed by atoms with Crippen LogP contribution in [-0.2, 0) is 4.79 Å². The van der Waals surface area contributed by atoms with Crippen LogP contribution in [0.5, 0.6) is 0 Å². The minimum Gasteiger partial charge on any atom is -0.402 e. The number of aromatic nitrogens is 2. The zero-order valence-corrected chi connectivity index (χ0v) is 13.8. The Morgan fingerprint density at radius 3 is 2.84 bits per heavy atom. The van der Waals surface area contributed by atoms with Gasteiger partial charge < -0.3 is 14.6 Å². The number of hydrogen-bond acceptors (Lipinski definition) is 5. The number of rotatable bonds is 5. The van der Waals surface area contributed by atoms with Gasteiger partial charge in [-0.05, 0) is 25.7 Å². The summed E-state index contributed by atoms with van der Waals surface area (Å²) in [5.74, 6) is -1.39. The number of carbonyl (C=O) groups is 1. The summed E-state index contributed by atoms with van der Waals surface area (Å²) in [5.41, 5.74) is -0.145. The monoisotopic (exact) mass is 358 g/mol. The number of carbonyl (C=O) groups excluding carboxylic acids is 1. The Bertz CT molecular complexity index is 655. The molecule has 25 heavy (non-hydrogen) atoms. The minimum absolute atomic E-state index is 0.0629. The van der Waals surface area contributed by atoms with Crippen LogP contribution in [-0.4, -0.2) is 41.4 Å². The number of amides is 1. The van der Waals surface area contributed by atoms with E-state index in [1.807, 2.05) is 4.90 Å². The van der Waals surface area contributed by atoms with Gasteiger partial charge in [0.05, 0.1) is 5.92 Å². The third-order valence-electron chi connectivity index (χ3n) is 5.86. The van der Waals surface area contributed by atoms with E-state index >= 15 is 0 Å². The molecule has 1 aromatic rings. The second-order valence-electron chi connectivity index (χ2n) is 7.37. The van der Waals surface area contributed by atoms with Crippen LogP contribution in [0.2, 0.25) is 0 Å². The molecule has 9 heteroatoms. The molecule has 2 heterocycles. The average Bonchev–Trinajstić information content (AvgIpc) is 3.02. The number of hydrogen-bond donors (Lipinski definition) is 1. The second kappa shape index (κ2) is 6.17. The Morgan fingerprint density at radius 2 is 2.16 bits per heavy atom. The molecule has 4 unspecified atom stereocenters. The van der Waals surface area contributed by atoms with Crippen LogP contribution >= 0.6 is 0 Å². The van der Waals surface area contributed by atoms with Crippen LogP contribution in [0.1, 0.15) is 50.8 Å². The predicted octanol–water partition coefficient (Wildman–Crippen LogP) is 2.62. The fourth-order valence-electron chi connectivity index (χ4n) is 4.35. The van der Waals surface area contributed by atoms with Crippen molar-refractivity contribution in [1.29, 1.82) is 0 Å². The molecule has 4 atom stereocenters. The van der Waals surface area contributed by atoms with E-state index in [-0.39, 0.29) is 23.4 Å². The smallest absolute Gasteiger partial charge is 0.318 e. The van der Waals surface area contributed by atoms with Gasteiger partial charge in [0.25, 0.3) is 5.89 Å². The molecule has 0 aromatic carbocycles. The van der Waals surface area contributed by atoms with Crippen molar-refractivity contribution in [2.75, 3.05) is 18.0 Å². The summed E-state index contributed by atoms with van der Waals surface area (Å²) in [6, 6.07) is 0.189. The first-order valence-corrected chi connectivity index (χ1v) is 8.80. The number of fused-ring (bicyclic) bond motifs is 1. The zero-order valence-electron chi connectivity index (χ0n) is 13.8. The first kappa shape index (κ1) is 16.7. The van der Waals surface area contributed by atoms with Gasteiger partial charge in [0.15, 0.2) is 0 Å². The molecule has 1 aromatic heterocycles. The fourth-order valence-corrected chi connectivity index (χ4v) is 4.35. The van der Waals surface area contributed by atoms with E-state index in [1.54, 1.807) is 0 Å². The van der Waals surface area contributed by atoms with Gasteiger partial charge in [0, 0.05) is 24.5 Å². The van der Waals surface area contributed by atoms with Gasteiger partial charge in [-0.2, -0.15) is 8.78 Å². The minimum atomic E-state index is -2.79. The molecule has 3 fully saturated rings. The molecule has 2 aliphatic carbocycles. The fraction of sp³-hybridized carbons (Fsp3) is 0.812. The van der Waals surface area contributed by atoms with E-state index in [0.717, 1.165) is 32.1 Å². The van der Waals surface area contributed by atoms with E-state index in [2.05, 4.69) is 15.5 Å². The first-order chi connectivity index (χ1) is 12.0. The van der Waals surface area contributed by atoms with Crippen LogP contribution in [0.25, 0.3) is 0 Å². The lowest BCUT2D eigenvalue weighted by Crippen LogP contribution is -2.49. The van der Waals surface area contributed by atoms with Gasteiger partial charge in [-0.3, -0.25) is 4.79 Å². The van der Waals surface area contributed by atoms with Crippen LogP contribution in [0.4, 0.5) is 19.2 Å². The maximum atomic E-state index is 13.1. The van der Waals surface area contributed by atoms with Crippen molar-refractivity contribution < 1.29 is 22.4 Å². The lowest BCUT2D eigenvalue weighted by Gasteiger charge is -2.41. The Labute approximate surface area is 143 Å². The first-order valence-electron chi connectivity index (χ1n) is 8.80. The number of nitrogens with zero attached hydrogens (tertiary/aromatic N) is 3. The van der Waals surface area contributed by atoms with Gasteiger partial charge in [-0.15, -0.1) is 5.10 Å². The second-order valence-corrected chi connectivity index (χ2v) is 7.37. The average molecular weight is 358 g/mol. The predicted molar refractivity (Wildman–Crippen MR) is 81.9 cm³/mol. The van der Waals surface area contributed by atoms with Crippen molar-refractivity contribution >= 4 is 11.9 Å². The van der Waals surface area contributed by atoms with Gasteiger partial charge in [0.1, 0.15) is 6.17 Å². The Balaban J connectivity index is 1.48. The highest BCUT2D eigenvalue weighted by Crippen LogP contribution is 2.48. The van der Waals surface area contributed by atoms with Crippen molar-refractivity contribution in [2.24, 2.45) is 11.3 Å². The van der Waals surface area contributed by atoms with Crippen molar-refractivity contribution in [3.05, 3.63) is 5.89 Å². The molecule has 0 spiro atoms. The van der Waals surface area contributed by atoms with Crippen LogP contribution in [0.15, 0.2) is 4.42 Å². The summed E-state index contributed by atoms with van der Waals surface area (Å²) in [5, 5.41) is 10.1. The molecule has 0 bridgehead atoms. The van der Waals surface area contributed by atoms with Gasteiger partial charge >= 0.3 is 12.4 Å². The van der Waals surface area contributed by atoms with E-state index in [1.165, 1.54) is 0 Å². The quantitative estimate of drug-likeness (QED) is 0.876. The lowest BCUT2D eigenvalue weighted by molar-refractivity contribution is -0.123. The summed E-state index contributed by atoms with van der Waals surface area (Å²) in [4.78, 5) is 13.9. The molecule has 6 nitrogen and oxygen atoms in total. The maximum Gasteiger partial charge on any atom is 0.318 e. The highest BCUT2D eigenvalue weighted by atomic mass is 19.3. The molecule has 2 saturated carbocycles. The molecule has 1 saturated heterocycles. The van der Waals surface area contributed by atoms with Crippen LogP contribution < -0.4 is 10.2 Å². The van der Waals surface area contributed by atoms with E-state index in [4.69, 9.17) is 4.42 Å². The SMILES string of the molecule is O=C(NCC12CCCCC1N(c1nnc(C(F)F)o1)CC2)C1CC1F.